The summed E-state index contributed by atoms with van der Waals surface area (Å²) in [5, 5.41) is 5.88. The van der Waals surface area contributed by atoms with Gasteiger partial charge in [-0.05, 0) is 43.9 Å². The van der Waals surface area contributed by atoms with Crippen molar-refractivity contribution in [1.29, 1.82) is 0 Å². The van der Waals surface area contributed by atoms with E-state index in [1.807, 2.05) is 19.2 Å². The minimum atomic E-state index is -0.535. The van der Waals surface area contributed by atoms with Crippen molar-refractivity contribution in [2.24, 2.45) is 5.92 Å². The van der Waals surface area contributed by atoms with Crippen LogP contribution in [0.2, 0.25) is 0 Å². The van der Waals surface area contributed by atoms with Crippen molar-refractivity contribution in [2.45, 2.75) is 26.3 Å². The molecule has 1 fully saturated rings. The molecule has 0 bridgehead atoms. The highest BCUT2D eigenvalue weighted by molar-refractivity contribution is 5.89. The lowest BCUT2D eigenvalue weighted by atomic mass is 10.1. The molecule has 1 saturated carbocycles. The molecule has 0 aliphatic heterocycles. The molecule has 29 heavy (non-hydrogen) atoms. The third kappa shape index (κ3) is 2.83. The number of pyridine rings is 1. The highest BCUT2D eigenvalue weighted by Crippen LogP contribution is 2.37. The van der Waals surface area contributed by atoms with Gasteiger partial charge in [0.25, 0.3) is 0 Å². The summed E-state index contributed by atoms with van der Waals surface area (Å²) in [7, 11) is 2.85. The van der Waals surface area contributed by atoms with Crippen LogP contribution in [0.5, 0.6) is 5.88 Å². The van der Waals surface area contributed by atoms with Gasteiger partial charge in [0.2, 0.25) is 5.88 Å². The van der Waals surface area contributed by atoms with Gasteiger partial charge in [0, 0.05) is 23.7 Å². The number of aryl methyl sites for hydroxylation is 1. The number of carbonyl (C=O) groups is 1. The first-order chi connectivity index (χ1) is 14.1. The van der Waals surface area contributed by atoms with Crippen LogP contribution >= 0.6 is 0 Å². The second-order valence-corrected chi connectivity index (χ2v) is 7.39. The van der Waals surface area contributed by atoms with E-state index in [2.05, 4.69) is 26.7 Å². The van der Waals surface area contributed by atoms with E-state index in [1.54, 1.807) is 10.7 Å². The topological polar surface area (TPSA) is 83.5 Å². The van der Waals surface area contributed by atoms with Crippen LogP contribution in [0.3, 0.4) is 0 Å². The van der Waals surface area contributed by atoms with Crippen LogP contribution in [-0.2, 0) is 11.3 Å². The van der Waals surface area contributed by atoms with Gasteiger partial charge in [0.15, 0.2) is 5.69 Å². The predicted molar refractivity (Wildman–Crippen MR) is 107 cm³/mol. The van der Waals surface area contributed by atoms with Crippen molar-refractivity contribution in [3.05, 3.63) is 41.9 Å². The van der Waals surface area contributed by atoms with Gasteiger partial charge in [-0.25, -0.2) is 19.3 Å². The van der Waals surface area contributed by atoms with Crippen molar-refractivity contribution in [2.75, 3.05) is 14.2 Å². The van der Waals surface area contributed by atoms with Crippen molar-refractivity contribution in [3.8, 4) is 17.3 Å². The summed E-state index contributed by atoms with van der Waals surface area (Å²) in [6.45, 7) is 2.91. The zero-order chi connectivity index (χ0) is 20.1. The molecule has 4 aromatic heterocycles. The van der Waals surface area contributed by atoms with Crippen molar-refractivity contribution in [1.82, 2.24) is 24.1 Å². The summed E-state index contributed by atoms with van der Waals surface area (Å²) in [5.41, 5.74) is 4.61. The molecule has 0 radical (unpaired) electrons. The Balaban J connectivity index is 1.75. The SMILES string of the molecule is COC(=O)c1cn2nc(-c3cc4cccnc4n3CC3CC3)c(C)c2c(OC)n1. The molecule has 0 amide bonds. The third-order valence-corrected chi connectivity index (χ3v) is 5.44. The molecule has 0 saturated heterocycles. The summed E-state index contributed by atoms with van der Waals surface area (Å²) < 4.78 is 14.2. The van der Waals surface area contributed by atoms with Crippen LogP contribution in [0.4, 0.5) is 0 Å². The summed E-state index contributed by atoms with van der Waals surface area (Å²) in [6, 6.07) is 6.14. The Morgan fingerprint density at radius 3 is 2.86 bits per heavy atom. The van der Waals surface area contributed by atoms with Crippen LogP contribution in [0.1, 0.15) is 28.9 Å². The number of fused-ring (bicyclic) bond motifs is 2. The van der Waals surface area contributed by atoms with Gasteiger partial charge in [0.1, 0.15) is 16.9 Å². The molecule has 0 aromatic carbocycles. The molecule has 1 aliphatic rings. The van der Waals surface area contributed by atoms with Crippen LogP contribution in [0.25, 0.3) is 27.9 Å². The molecule has 5 rings (SSSR count). The fourth-order valence-electron chi connectivity index (χ4n) is 3.79. The quantitative estimate of drug-likeness (QED) is 0.486. The highest BCUT2D eigenvalue weighted by Gasteiger charge is 2.27. The zero-order valence-corrected chi connectivity index (χ0v) is 16.5. The lowest BCUT2D eigenvalue weighted by molar-refractivity contribution is 0.0592. The maximum Gasteiger partial charge on any atom is 0.358 e. The lowest BCUT2D eigenvalue weighted by Gasteiger charge is -2.08. The maximum absolute atomic E-state index is 12.0. The monoisotopic (exact) mass is 391 g/mol. The Kier molecular flexibility index (Phi) is 4.01. The zero-order valence-electron chi connectivity index (χ0n) is 16.5. The number of nitrogens with zero attached hydrogens (tertiary/aromatic N) is 5. The van der Waals surface area contributed by atoms with Crippen LogP contribution < -0.4 is 4.74 Å². The average molecular weight is 391 g/mol. The number of hydrogen-bond donors (Lipinski definition) is 0. The van der Waals surface area contributed by atoms with E-state index in [9.17, 15) is 4.79 Å². The second kappa shape index (κ2) is 6.58. The molecule has 0 unspecified atom stereocenters. The van der Waals surface area contributed by atoms with E-state index in [4.69, 9.17) is 14.6 Å². The molecule has 8 nitrogen and oxygen atoms in total. The van der Waals surface area contributed by atoms with Crippen molar-refractivity contribution >= 4 is 22.5 Å². The molecule has 0 atom stereocenters. The van der Waals surface area contributed by atoms with Gasteiger partial charge >= 0.3 is 5.97 Å². The maximum atomic E-state index is 12.0. The lowest BCUT2D eigenvalue weighted by Crippen LogP contribution is -2.08. The van der Waals surface area contributed by atoms with E-state index >= 15 is 0 Å². The third-order valence-electron chi connectivity index (χ3n) is 5.44. The molecule has 8 heteroatoms. The number of hydrogen-bond acceptors (Lipinski definition) is 6. The largest absolute Gasteiger partial charge is 0.479 e. The smallest absolute Gasteiger partial charge is 0.358 e. The number of rotatable bonds is 5. The molecule has 148 valence electrons. The molecule has 0 spiro atoms. The number of esters is 1. The van der Waals surface area contributed by atoms with Gasteiger partial charge in [-0.1, -0.05) is 0 Å². The van der Waals surface area contributed by atoms with Gasteiger partial charge < -0.3 is 14.0 Å². The normalized spacial score (nSPS) is 13.9. The predicted octanol–water partition coefficient (Wildman–Crippen LogP) is 3.26. The average Bonchev–Trinajstić information content (AvgIpc) is 3.41. The molecule has 4 heterocycles. The Morgan fingerprint density at radius 2 is 2.14 bits per heavy atom. The molecule has 0 N–H and O–H groups in total. The second-order valence-electron chi connectivity index (χ2n) is 7.39. The summed E-state index contributed by atoms with van der Waals surface area (Å²) in [5.74, 6) is 0.491. The minimum absolute atomic E-state index is 0.145. The summed E-state index contributed by atoms with van der Waals surface area (Å²) >= 11 is 0. The van der Waals surface area contributed by atoms with E-state index < -0.39 is 5.97 Å². The minimum Gasteiger partial charge on any atom is -0.479 e. The standard InChI is InChI=1S/C21H21N5O3/c1-12-17(24-26-11-15(21(27)29-3)23-20(28-2)18(12)26)16-9-14-5-4-8-22-19(14)25(16)10-13-6-7-13/h4-5,8-9,11,13H,6-7,10H2,1-3H3. The van der Waals surface area contributed by atoms with Gasteiger partial charge in [-0.3, -0.25) is 0 Å². The van der Waals surface area contributed by atoms with Crippen molar-refractivity contribution in [3.63, 3.8) is 0 Å². The van der Waals surface area contributed by atoms with E-state index in [0.717, 1.165) is 40.0 Å². The van der Waals surface area contributed by atoms with Gasteiger partial charge in [-0.15, -0.1) is 0 Å². The summed E-state index contributed by atoms with van der Waals surface area (Å²) in [6.07, 6.45) is 5.89. The van der Waals surface area contributed by atoms with Gasteiger partial charge in [-0.2, -0.15) is 5.10 Å². The molecule has 4 aromatic rings. The fourth-order valence-corrected chi connectivity index (χ4v) is 3.79. The van der Waals surface area contributed by atoms with Crippen LogP contribution in [0.15, 0.2) is 30.6 Å². The first-order valence-electron chi connectivity index (χ1n) is 9.57. The van der Waals surface area contributed by atoms with Crippen LogP contribution in [0, 0.1) is 12.8 Å². The van der Waals surface area contributed by atoms with E-state index in [0.29, 0.717) is 11.8 Å². The first-order valence-corrected chi connectivity index (χ1v) is 9.57. The van der Waals surface area contributed by atoms with Gasteiger partial charge in [0.05, 0.1) is 26.1 Å². The van der Waals surface area contributed by atoms with Crippen molar-refractivity contribution < 1.29 is 14.3 Å². The molecular formula is C21H21N5O3. The highest BCUT2D eigenvalue weighted by atomic mass is 16.5. The number of aromatic nitrogens is 5. The Bertz CT molecular complexity index is 1250. The molecular weight excluding hydrogens is 370 g/mol. The fraction of sp³-hybridized carbons (Fsp3) is 0.333. The molecule has 1 aliphatic carbocycles. The Morgan fingerprint density at radius 1 is 1.31 bits per heavy atom. The number of ether oxygens (including phenoxy) is 2. The van der Waals surface area contributed by atoms with Crippen LogP contribution in [-0.4, -0.2) is 44.3 Å². The number of methoxy groups -OCH3 is 2. The number of carbonyl (C=O) groups excluding carboxylic acids is 1. The Labute approximate surface area is 167 Å². The first kappa shape index (κ1) is 17.7. The van der Waals surface area contributed by atoms with E-state index in [1.165, 1.54) is 27.1 Å². The van der Waals surface area contributed by atoms with E-state index in [-0.39, 0.29) is 5.69 Å². The Hall–Kier alpha value is -3.42. The summed E-state index contributed by atoms with van der Waals surface area (Å²) in [4.78, 5) is 20.9.